The van der Waals surface area contributed by atoms with Crippen molar-refractivity contribution in [2.75, 3.05) is 0 Å². The van der Waals surface area contributed by atoms with Crippen LogP contribution in [0.5, 0.6) is 0 Å². The number of aromatic nitrogens is 3. The van der Waals surface area contributed by atoms with Gasteiger partial charge in [0.25, 0.3) is 0 Å². The molecule has 3 heterocycles. The summed E-state index contributed by atoms with van der Waals surface area (Å²) in [6, 6.07) is 65.8. The summed E-state index contributed by atoms with van der Waals surface area (Å²) < 4.78 is 9.11. The highest BCUT2D eigenvalue weighted by Crippen LogP contribution is 2.41. The molecule has 0 aliphatic rings. The minimum Gasteiger partial charge on any atom is -0.456 e. The molecule has 8 aromatic carbocycles. The molecule has 0 aliphatic heterocycles. The summed E-state index contributed by atoms with van der Waals surface area (Å²) in [5.41, 5.74) is 11.4. The zero-order valence-corrected chi connectivity index (χ0v) is 30.9. The van der Waals surface area contributed by atoms with Crippen LogP contribution >= 0.6 is 11.3 Å². The first kappa shape index (κ1) is 32.2. The van der Waals surface area contributed by atoms with E-state index in [0.29, 0.717) is 17.5 Å². The molecular formula is C51H31N3OS. The van der Waals surface area contributed by atoms with Crippen molar-refractivity contribution in [2.24, 2.45) is 0 Å². The van der Waals surface area contributed by atoms with Crippen LogP contribution in [0.25, 0.3) is 110 Å². The van der Waals surface area contributed by atoms with Gasteiger partial charge in [0.05, 0.1) is 0 Å². The van der Waals surface area contributed by atoms with Gasteiger partial charge < -0.3 is 4.42 Å². The Bertz CT molecular complexity index is 3200. The van der Waals surface area contributed by atoms with Crippen molar-refractivity contribution in [3.8, 4) is 67.5 Å². The van der Waals surface area contributed by atoms with Gasteiger partial charge in [-0.05, 0) is 81.9 Å². The lowest BCUT2D eigenvalue weighted by atomic mass is 9.95. The Labute approximate surface area is 327 Å². The van der Waals surface area contributed by atoms with Crippen LogP contribution in [0.4, 0.5) is 0 Å². The molecule has 0 spiro atoms. The van der Waals surface area contributed by atoms with E-state index in [1.165, 1.54) is 31.3 Å². The van der Waals surface area contributed by atoms with E-state index in [1.807, 2.05) is 72.0 Å². The average Bonchev–Trinajstić information content (AvgIpc) is 3.85. The molecular weight excluding hydrogens is 703 g/mol. The maximum absolute atomic E-state index is 6.48. The second-order valence-corrected chi connectivity index (χ2v) is 15.1. The van der Waals surface area contributed by atoms with E-state index in [0.717, 1.165) is 60.9 Å². The van der Waals surface area contributed by atoms with E-state index >= 15 is 0 Å². The van der Waals surface area contributed by atoms with Crippen molar-refractivity contribution in [1.82, 2.24) is 15.0 Å². The molecule has 11 rings (SSSR count). The van der Waals surface area contributed by atoms with Crippen LogP contribution in [0.3, 0.4) is 0 Å². The van der Waals surface area contributed by atoms with Gasteiger partial charge in [0.1, 0.15) is 11.2 Å². The maximum Gasteiger partial charge on any atom is 0.164 e. The largest absolute Gasteiger partial charge is 0.456 e. The second kappa shape index (κ2) is 13.3. The van der Waals surface area contributed by atoms with Crippen molar-refractivity contribution in [1.29, 1.82) is 0 Å². The first-order valence-electron chi connectivity index (χ1n) is 18.7. The highest BCUT2D eigenvalue weighted by atomic mass is 32.1. The average molecular weight is 734 g/mol. The van der Waals surface area contributed by atoms with Crippen LogP contribution < -0.4 is 0 Å². The molecule has 0 radical (unpaired) electrons. The van der Waals surface area contributed by atoms with Crippen molar-refractivity contribution in [2.45, 2.75) is 0 Å². The monoisotopic (exact) mass is 733 g/mol. The van der Waals surface area contributed by atoms with Gasteiger partial charge in [-0.2, -0.15) is 0 Å². The van der Waals surface area contributed by atoms with E-state index in [9.17, 15) is 0 Å². The van der Waals surface area contributed by atoms with Gasteiger partial charge in [-0.25, -0.2) is 15.0 Å². The molecule has 0 amide bonds. The van der Waals surface area contributed by atoms with Crippen molar-refractivity contribution in [3.63, 3.8) is 0 Å². The van der Waals surface area contributed by atoms with Gasteiger partial charge in [0, 0.05) is 47.6 Å². The lowest BCUT2D eigenvalue weighted by Crippen LogP contribution is -2.00. The minimum absolute atomic E-state index is 0.622. The molecule has 3 aromatic heterocycles. The summed E-state index contributed by atoms with van der Waals surface area (Å²) in [4.78, 5) is 14.9. The van der Waals surface area contributed by atoms with E-state index in [1.54, 1.807) is 0 Å². The number of rotatable bonds is 6. The normalized spacial score (nSPS) is 11.6. The van der Waals surface area contributed by atoms with E-state index in [4.69, 9.17) is 19.4 Å². The van der Waals surface area contributed by atoms with Gasteiger partial charge in [-0.1, -0.05) is 140 Å². The Balaban J connectivity index is 1.00. The third-order valence-electron chi connectivity index (χ3n) is 10.5. The van der Waals surface area contributed by atoms with Crippen LogP contribution in [-0.2, 0) is 0 Å². The van der Waals surface area contributed by atoms with Crippen LogP contribution in [0.1, 0.15) is 0 Å². The van der Waals surface area contributed by atoms with Gasteiger partial charge in [-0.3, -0.25) is 0 Å². The van der Waals surface area contributed by atoms with E-state index in [2.05, 4.69) is 127 Å². The number of benzene rings is 8. The Morgan fingerprint density at radius 3 is 1.57 bits per heavy atom. The van der Waals surface area contributed by atoms with Gasteiger partial charge in [-0.15, -0.1) is 11.3 Å². The summed E-state index contributed by atoms with van der Waals surface area (Å²) in [6.07, 6.45) is 0. The van der Waals surface area contributed by atoms with Gasteiger partial charge >= 0.3 is 0 Å². The number of nitrogens with zero attached hydrogens (tertiary/aromatic N) is 3. The summed E-state index contributed by atoms with van der Waals surface area (Å²) in [7, 11) is 0. The predicted molar refractivity (Wildman–Crippen MR) is 233 cm³/mol. The zero-order chi connectivity index (χ0) is 37.0. The number of thiophene rings is 1. The Kier molecular flexibility index (Phi) is 7.64. The lowest BCUT2D eigenvalue weighted by Gasteiger charge is -2.10. The highest BCUT2D eigenvalue weighted by Gasteiger charge is 2.17. The van der Waals surface area contributed by atoms with Crippen molar-refractivity contribution >= 4 is 53.4 Å². The smallest absolute Gasteiger partial charge is 0.164 e. The van der Waals surface area contributed by atoms with Crippen LogP contribution in [0.2, 0.25) is 0 Å². The topological polar surface area (TPSA) is 51.8 Å². The lowest BCUT2D eigenvalue weighted by molar-refractivity contribution is 0.669. The molecule has 0 N–H and O–H groups in total. The molecule has 0 atom stereocenters. The Morgan fingerprint density at radius 2 is 0.839 bits per heavy atom. The fourth-order valence-electron chi connectivity index (χ4n) is 7.79. The van der Waals surface area contributed by atoms with Gasteiger partial charge in [0.15, 0.2) is 17.5 Å². The first-order valence-corrected chi connectivity index (χ1v) is 19.5. The van der Waals surface area contributed by atoms with E-state index < -0.39 is 0 Å². The molecule has 56 heavy (non-hydrogen) atoms. The van der Waals surface area contributed by atoms with Crippen molar-refractivity contribution < 1.29 is 4.42 Å². The molecule has 5 heteroatoms. The van der Waals surface area contributed by atoms with Crippen molar-refractivity contribution in [3.05, 3.63) is 188 Å². The summed E-state index contributed by atoms with van der Waals surface area (Å²) in [6.45, 7) is 0. The maximum atomic E-state index is 6.48. The number of hydrogen-bond acceptors (Lipinski definition) is 5. The molecule has 4 nitrogen and oxygen atoms in total. The fraction of sp³-hybridized carbons (Fsp3) is 0. The van der Waals surface area contributed by atoms with Crippen LogP contribution in [0.15, 0.2) is 192 Å². The SMILES string of the molecule is c1ccc(-c2nc(-c3ccccc3)nc(-c3cccc(-c4cccc5oc6ccc(-c7cccc(-c8ccc9sc%10ccccc%10c9c8)c7)cc6c45)c3)n2)cc1. The quantitative estimate of drug-likeness (QED) is 0.171. The fourth-order valence-corrected chi connectivity index (χ4v) is 8.88. The standard InChI is InChI=1S/C51H31N3OS/c1-3-12-32(13-4-1)49-52-50(33-14-5-2-6-15-33)54-51(53-49)39-19-10-18-38(29-39)40-21-11-22-45-48(40)43-31-36(24-26-44(43)55-45)34-16-9-17-35(28-34)37-25-27-47-42(30-37)41-20-7-8-23-46(41)56-47/h1-31H. The Hall–Kier alpha value is -7.21. The van der Waals surface area contributed by atoms with E-state index in [-0.39, 0.29) is 0 Å². The highest BCUT2D eigenvalue weighted by molar-refractivity contribution is 7.25. The molecule has 262 valence electrons. The number of furan rings is 1. The second-order valence-electron chi connectivity index (χ2n) is 14.0. The first-order chi connectivity index (χ1) is 27.7. The van der Waals surface area contributed by atoms with Crippen LogP contribution in [0, 0.1) is 0 Å². The summed E-state index contributed by atoms with van der Waals surface area (Å²) >= 11 is 1.85. The zero-order valence-electron chi connectivity index (χ0n) is 30.1. The molecule has 0 saturated carbocycles. The van der Waals surface area contributed by atoms with Gasteiger partial charge in [0.2, 0.25) is 0 Å². The third kappa shape index (κ3) is 5.65. The molecule has 0 unspecified atom stereocenters. The molecule has 0 fully saturated rings. The number of hydrogen-bond donors (Lipinski definition) is 0. The molecule has 0 bridgehead atoms. The molecule has 0 saturated heterocycles. The summed E-state index contributed by atoms with van der Waals surface area (Å²) in [5, 5.41) is 4.78. The van der Waals surface area contributed by atoms with Crippen LogP contribution in [-0.4, -0.2) is 15.0 Å². The number of fused-ring (bicyclic) bond motifs is 6. The molecule has 11 aromatic rings. The third-order valence-corrected chi connectivity index (χ3v) is 11.7. The summed E-state index contributed by atoms with van der Waals surface area (Å²) in [5.74, 6) is 1.90. The minimum atomic E-state index is 0.622. The molecule has 0 aliphatic carbocycles. The Morgan fingerprint density at radius 1 is 0.321 bits per heavy atom. The predicted octanol–water partition coefficient (Wildman–Crippen LogP) is 14.1.